The Bertz CT molecular complexity index is 908. The van der Waals surface area contributed by atoms with E-state index >= 15 is 0 Å². The van der Waals surface area contributed by atoms with Gasteiger partial charge in [0.05, 0.1) is 10.8 Å². The number of anilines is 1. The van der Waals surface area contributed by atoms with E-state index in [-0.39, 0.29) is 17.4 Å². The number of hydrogen-bond donors (Lipinski definition) is 0. The normalized spacial score (nSPS) is 15.6. The number of halogens is 1. The minimum Gasteiger partial charge on any atom is -0.454 e. The van der Waals surface area contributed by atoms with Crippen molar-refractivity contribution in [2.24, 2.45) is 5.92 Å². The molecule has 1 unspecified atom stereocenters. The number of esters is 1. The molecular formula is C21H21ClN2O5. The van der Waals surface area contributed by atoms with E-state index in [4.69, 9.17) is 16.3 Å². The molecule has 7 nitrogen and oxygen atoms in total. The Balaban J connectivity index is 1.57. The number of nitro groups is 1. The van der Waals surface area contributed by atoms with Crippen LogP contribution in [0.2, 0.25) is 5.02 Å². The van der Waals surface area contributed by atoms with Crippen molar-refractivity contribution in [1.82, 2.24) is 0 Å². The molecule has 8 heteroatoms. The molecule has 0 spiro atoms. The van der Waals surface area contributed by atoms with Gasteiger partial charge in [-0.25, -0.2) is 0 Å². The van der Waals surface area contributed by atoms with Gasteiger partial charge in [-0.1, -0.05) is 23.7 Å². The van der Waals surface area contributed by atoms with E-state index in [1.54, 1.807) is 49.4 Å². The first-order valence-electron chi connectivity index (χ1n) is 9.35. The lowest BCUT2D eigenvalue weighted by molar-refractivity contribution is -0.384. The summed E-state index contributed by atoms with van der Waals surface area (Å²) in [4.78, 5) is 37.6. The number of ketones is 1. The molecule has 0 N–H and O–H groups in total. The van der Waals surface area contributed by atoms with Crippen molar-refractivity contribution >= 4 is 34.7 Å². The van der Waals surface area contributed by atoms with Gasteiger partial charge in [0.15, 0.2) is 6.10 Å². The molecule has 0 saturated carbocycles. The minimum atomic E-state index is -0.892. The Hall–Kier alpha value is -2.93. The fourth-order valence-corrected chi connectivity index (χ4v) is 3.54. The Labute approximate surface area is 173 Å². The summed E-state index contributed by atoms with van der Waals surface area (Å²) >= 11 is 5.83. The van der Waals surface area contributed by atoms with Gasteiger partial charge in [-0.15, -0.1) is 0 Å². The topological polar surface area (TPSA) is 89.8 Å². The highest BCUT2D eigenvalue weighted by Gasteiger charge is 2.31. The zero-order chi connectivity index (χ0) is 21.0. The zero-order valence-electron chi connectivity index (χ0n) is 15.9. The van der Waals surface area contributed by atoms with Crippen molar-refractivity contribution in [1.29, 1.82) is 0 Å². The van der Waals surface area contributed by atoms with Crippen molar-refractivity contribution in [3.05, 3.63) is 69.2 Å². The van der Waals surface area contributed by atoms with E-state index < -0.39 is 17.0 Å². The Morgan fingerprint density at radius 1 is 1.14 bits per heavy atom. The molecule has 1 aliphatic rings. The largest absolute Gasteiger partial charge is 0.454 e. The number of Topliss-reactive ketones (excluding diaryl/α,β-unsaturated/α-hetero) is 1. The Morgan fingerprint density at radius 2 is 1.76 bits per heavy atom. The number of carbonyl (C=O) groups excluding carboxylic acids is 2. The maximum Gasteiger partial charge on any atom is 0.309 e. The molecule has 3 rings (SSSR count). The van der Waals surface area contributed by atoms with Crippen LogP contribution in [-0.4, -0.2) is 35.9 Å². The maximum atomic E-state index is 12.5. The van der Waals surface area contributed by atoms with E-state index in [1.807, 2.05) is 4.90 Å². The van der Waals surface area contributed by atoms with Crippen molar-refractivity contribution in [3.8, 4) is 0 Å². The van der Waals surface area contributed by atoms with Gasteiger partial charge < -0.3 is 9.64 Å². The molecule has 152 valence electrons. The fraction of sp³-hybridized carbons (Fsp3) is 0.333. The quantitative estimate of drug-likeness (QED) is 0.302. The van der Waals surface area contributed by atoms with Gasteiger partial charge in [0.25, 0.3) is 5.69 Å². The predicted molar refractivity (Wildman–Crippen MR) is 109 cm³/mol. The second-order valence-electron chi connectivity index (χ2n) is 6.96. The Kier molecular flexibility index (Phi) is 6.49. The van der Waals surface area contributed by atoms with Crippen LogP contribution in [0, 0.1) is 16.0 Å². The van der Waals surface area contributed by atoms with Crippen LogP contribution in [0.25, 0.3) is 0 Å². The zero-order valence-corrected chi connectivity index (χ0v) is 16.7. The molecule has 0 radical (unpaired) electrons. The summed E-state index contributed by atoms with van der Waals surface area (Å²) in [6, 6.07) is 13.0. The smallest absolute Gasteiger partial charge is 0.309 e. The summed E-state index contributed by atoms with van der Waals surface area (Å²) in [7, 11) is 0. The number of rotatable bonds is 6. The van der Waals surface area contributed by atoms with Gasteiger partial charge in [-0.3, -0.25) is 19.7 Å². The first-order chi connectivity index (χ1) is 13.9. The second kappa shape index (κ2) is 9.05. The number of nitro benzene ring substituents is 1. The molecule has 2 aromatic rings. The number of carbonyl (C=O) groups is 2. The third-order valence-corrected chi connectivity index (χ3v) is 5.29. The van der Waals surface area contributed by atoms with Crippen molar-refractivity contribution in [2.75, 3.05) is 18.0 Å². The molecule has 0 bridgehead atoms. The highest BCUT2D eigenvalue weighted by Crippen LogP contribution is 2.31. The highest BCUT2D eigenvalue weighted by molar-refractivity contribution is 6.30. The predicted octanol–water partition coefficient (Wildman–Crippen LogP) is 4.28. The molecule has 1 heterocycles. The van der Waals surface area contributed by atoms with Crippen LogP contribution in [0.5, 0.6) is 0 Å². The minimum absolute atomic E-state index is 0.0516. The first kappa shape index (κ1) is 20.8. The third-order valence-electron chi connectivity index (χ3n) is 5.04. The van der Waals surface area contributed by atoms with Crippen molar-refractivity contribution < 1.29 is 19.2 Å². The van der Waals surface area contributed by atoms with E-state index in [2.05, 4.69) is 0 Å². The number of nitrogens with zero attached hydrogens (tertiary/aromatic N) is 2. The number of para-hydroxylation sites is 2. The van der Waals surface area contributed by atoms with Gasteiger partial charge >= 0.3 is 5.97 Å². The van der Waals surface area contributed by atoms with E-state index in [0.717, 1.165) is 0 Å². The third kappa shape index (κ3) is 4.92. The summed E-state index contributed by atoms with van der Waals surface area (Å²) < 4.78 is 5.39. The van der Waals surface area contributed by atoms with Gasteiger partial charge in [-0.2, -0.15) is 0 Å². The fourth-order valence-electron chi connectivity index (χ4n) is 3.41. The molecule has 1 fully saturated rings. The maximum absolute atomic E-state index is 12.5. The van der Waals surface area contributed by atoms with E-state index in [9.17, 15) is 19.7 Å². The highest BCUT2D eigenvalue weighted by atomic mass is 35.5. The van der Waals surface area contributed by atoms with Gasteiger partial charge in [0.1, 0.15) is 5.69 Å². The lowest BCUT2D eigenvalue weighted by atomic mass is 9.96. The van der Waals surface area contributed by atoms with Crippen molar-refractivity contribution in [3.63, 3.8) is 0 Å². The standard InChI is InChI=1S/C21H21ClN2O5/c1-14(20(25)15-6-8-17(22)9-7-15)29-21(26)16-10-12-23(13-11-16)18-4-2-3-5-19(18)24(27)28/h2-9,14,16H,10-13H2,1H3. The summed E-state index contributed by atoms with van der Waals surface area (Å²) in [5.41, 5.74) is 1.03. The lowest BCUT2D eigenvalue weighted by Crippen LogP contribution is -2.38. The molecule has 2 aromatic carbocycles. The molecule has 29 heavy (non-hydrogen) atoms. The summed E-state index contributed by atoms with van der Waals surface area (Å²) in [6.07, 6.45) is 0.122. The van der Waals surface area contributed by atoms with Gasteiger partial charge in [0, 0.05) is 29.7 Å². The van der Waals surface area contributed by atoms with Crippen LogP contribution in [0.15, 0.2) is 48.5 Å². The summed E-state index contributed by atoms with van der Waals surface area (Å²) in [5.74, 6) is -1.04. The SMILES string of the molecule is CC(OC(=O)C1CCN(c2ccccc2[N+](=O)[O-])CC1)C(=O)c1ccc(Cl)cc1. The number of piperidine rings is 1. The molecule has 0 aliphatic carbocycles. The average molecular weight is 417 g/mol. The molecule has 1 saturated heterocycles. The van der Waals surface area contributed by atoms with Crippen LogP contribution in [0.4, 0.5) is 11.4 Å². The van der Waals surface area contributed by atoms with Crippen LogP contribution in [0.3, 0.4) is 0 Å². The molecule has 1 atom stereocenters. The Morgan fingerprint density at radius 3 is 2.38 bits per heavy atom. The molecular weight excluding hydrogens is 396 g/mol. The number of hydrogen-bond acceptors (Lipinski definition) is 6. The van der Waals surface area contributed by atoms with Gasteiger partial charge in [-0.05, 0) is 50.1 Å². The first-order valence-corrected chi connectivity index (χ1v) is 9.73. The number of ether oxygens (including phenoxy) is 1. The molecule has 0 aromatic heterocycles. The average Bonchev–Trinajstić information content (AvgIpc) is 2.73. The van der Waals surface area contributed by atoms with Crippen molar-refractivity contribution in [2.45, 2.75) is 25.9 Å². The van der Waals surface area contributed by atoms with Crippen LogP contribution >= 0.6 is 11.6 Å². The van der Waals surface area contributed by atoms with Gasteiger partial charge in [0.2, 0.25) is 5.78 Å². The second-order valence-corrected chi connectivity index (χ2v) is 7.39. The molecule has 0 amide bonds. The van der Waals surface area contributed by atoms with Crippen LogP contribution in [0.1, 0.15) is 30.1 Å². The van der Waals surface area contributed by atoms with Crippen LogP contribution < -0.4 is 4.90 Å². The molecule has 1 aliphatic heterocycles. The summed E-state index contributed by atoms with van der Waals surface area (Å²) in [5, 5.41) is 11.7. The lowest BCUT2D eigenvalue weighted by Gasteiger charge is -2.32. The van der Waals surface area contributed by atoms with E-state index in [0.29, 0.717) is 42.2 Å². The van der Waals surface area contributed by atoms with E-state index in [1.165, 1.54) is 6.07 Å². The number of benzene rings is 2. The monoisotopic (exact) mass is 416 g/mol. The summed E-state index contributed by atoms with van der Waals surface area (Å²) in [6.45, 7) is 2.56. The van der Waals surface area contributed by atoms with Crippen LogP contribution in [-0.2, 0) is 9.53 Å².